The van der Waals surface area contributed by atoms with Crippen LogP contribution in [-0.2, 0) is 17.2 Å². The molecule has 0 fully saturated rings. The number of hydrogen-bond acceptors (Lipinski definition) is 2. The molecule has 0 radical (unpaired) electrons. The van der Waals surface area contributed by atoms with Crippen molar-refractivity contribution in [1.82, 2.24) is 5.32 Å². The summed E-state index contributed by atoms with van der Waals surface area (Å²) in [6.07, 6.45) is 2.30. The standard InChI is InChI=1S/C18H31NOS/c1-6-8-16-9-11-17(12-10-16)18(19-7-2)13-21(20)15(5)14(3)4/h9-12,14-15,18-19H,6-8,13H2,1-5H3. The van der Waals surface area contributed by atoms with Gasteiger partial charge in [-0.15, -0.1) is 0 Å². The van der Waals surface area contributed by atoms with E-state index in [-0.39, 0.29) is 11.3 Å². The average molecular weight is 310 g/mol. The van der Waals surface area contributed by atoms with Crippen LogP contribution in [0.2, 0.25) is 0 Å². The van der Waals surface area contributed by atoms with E-state index in [0.29, 0.717) is 11.7 Å². The van der Waals surface area contributed by atoms with E-state index in [1.807, 2.05) is 0 Å². The van der Waals surface area contributed by atoms with Crippen molar-refractivity contribution in [2.24, 2.45) is 5.92 Å². The van der Waals surface area contributed by atoms with E-state index in [0.717, 1.165) is 13.0 Å². The molecule has 120 valence electrons. The van der Waals surface area contributed by atoms with Gasteiger partial charge in [0.1, 0.15) is 0 Å². The smallest absolute Gasteiger partial charge is 0.0436 e. The van der Waals surface area contributed by atoms with Crippen molar-refractivity contribution >= 4 is 10.8 Å². The second kappa shape index (κ2) is 9.37. The van der Waals surface area contributed by atoms with E-state index in [2.05, 4.69) is 64.2 Å². The molecule has 0 aliphatic heterocycles. The molecule has 0 amide bonds. The lowest BCUT2D eigenvalue weighted by Crippen LogP contribution is -2.30. The molecule has 0 saturated heterocycles. The summed E-state index contributed by atoms with van der Waals surface area (Å²) in [7, 11) is -0.798. The third-order valence-electron chi connectivity index (χ3n) is 4.06. The second-order valence-corrected chi connectivity index (χ2v) is 7.94. The highest BCUT2D eigenvalue weighted by molar-refractivity contribution is 7.85. The van der Waals surface area contributed by atoms with Gasteiger partial charge in [0, 0.05) is 27.8 Å². The van der Waals surface area contributed by atoms with Gasteiger partial charge in [0.25, 0.3) is 0 Å². The predicted octanol–water partition coefficient (Wildman–Crippen LogP) is 4.08. The van der Waals surface area contributed by atoms with E-state index in [1.54, 1.807) is 0 Å². The summed E-state index contributed by atoms with van der Waals surface area (Å²) in [5.74, 6) is 1.15. The van der Waals surface area contributed by atoms with Crippen LogP contribution >= 0.6 is 0 Å². The quantitative estimate of drug-likeness (QED) is 0.744. The van der Waals surface area contributed by atoms with Crippen LogP contribution in [0.5, 0.6) is 0 Å². The van der Waals surface area contributed by atoms with Crippen LogP contribution in [0.4, 0.5) is 0 Å². The summed E-state index contributed by atoms with van der Waals surface area (Å²) in [6, 6.07) is 8.98. The molecular weight excluding hydrogens is 278 g/mol. The maximum atomic E-state index is 12.5. The summed E-state index contributed by atoms with van der Waals surface area (Å²) in [5, 5.41) is 3.72. The van der Waals surface area contributed by atoms with Crippen LogP contribution in [-0.4, -0.2) is 21.8 Å². The molecule has 0 heterocycles. The Morgan fingerprint density at radius 1 is 1.10 bits per heavy atom. The van der Waals surface area contributed by atoms with Gasteiger partial charge in [-0.25, -0.2) is 0 Å². The van der Waals surface area contributed by atoms with Crippen molar-refractivity contribution in [2.75, 3.05) is 12.3 Å². The number of nitrogens with one attached hydrogen (secondary N) is 1. The Labute approximate surface area is 133 Å². The zero-order valence-corrected chi connectivity index (χ0v) is 15.0. The fourth-order valence-corrected chi connectivity index (χ4v) is 3.89. The monoisotopic (exact) mass is 309 g/mol. The first-order chi connectivity index (χ1) is 9.99. The van der Waals surface area contributed by atoms with Crippen LogP contribution < -0.4 is 5.32 Å². The SMILES string of the molecule is CCCc1ccc(C(CS(=O)C(C)C(C)C)NCC)cc1. The third-order valence-corrected chi connectivity index (χ3v) is 6.09. The molecule has 1 N–H and O–H groups in total. The summed E-state index contributed by atoms with van der Waals surface area (Å²) >= 11 is 0. The molecule has 0 bridgehead atoms. The van der Waals surface area contributed by atoms with Gasteiger partial charge in [-0.1, -0.05) is 65.3 Å². The summed E-state index contributed by atoms with van der Waals surface area (Å²) < 4.78 is 12.5. The van der Waals surface area contributed by atoms with E-state index < -0.39 is 10.8 Å². The highest BCUT2D eigenvalue weighted by atomic mass is 32.2. The minimum atomic E-state index is -0.798. The lowest BCUT2D eigenvalue weighted by molar-refractivity contribution is 0.573. The molecule has 3 heteroatoms. The van der Waals surface area contributed by atoms with Crippen LogP contribution in [0.25, 0.3) is 0 Å². The average Bonchev–Trinajstić information content (AvgIpc) is 2.47. The molecule has 1 aromatic rings. The van der Waals surface area contributed by atoms with E-state index in [4.69, 9.17) is 0 Å². The highest BCUT2D eigenvalue weighted by Gasteiger charge is 2.20. The van der Waals surface area contributed by atoms with Gasteiger partial charge >= 0.3 is 0 Å². The topological polar surface area (TPSA) is 29.1 Å². The fourth-order valence-electron chi connectivity index (χ4n) is 2.34. The van der Waals surface area contributed by atoms with Gasteiger partial charge in [-0.3, -0.25) is 4.21 Å². The van der Waals surface area contributed by atoms with Crippen LogP contribution in [0.15, 0.2) is 24.3 Å². The Kier molecular flexibility index (Phi) is 8.20. The van der Waals surface area contributed by atoms with Gasteiger partial charge < -0.3 is 5.32 Å². The van der Waals surface area contributed by atoms with Crippen molar-refractivity contribution in [3.63, 3.8) is 0 Å². The maximum Gasteiger partial charge on any atom is 0.0436 e. The van der Waals surface area contributed by atoms with Crippen LogP contribution in [0.1, 0.15) is 58.2 Å². The molecule has 2 nitrogen and oxygen atoms in total. The molecule has 0 saturated carbocycles. The second-order valence-electron chi connectivity index (χ2n) is 6.10. The highest BCUT2D eigenvalue weighted by Crippen LogP contribution is 2.19. The molecule has 1 rings (SSSR count). The molecule has 3 atom stereocenters. The Morgan fingerprint density at radius 2 is 1.71 bits per heavy atom. The van der Waals surface area contributed by atoms with Gasteiger partial charge in [0.05, 0.1) is 0 Å². The van der Waals surface area contributed by atoms with Gasteiger partial charge in [-0.2, -0.15) is 0 Å². The van der Waals surface area contributed by atoms with E-state index >= 15 is 0 Å². The predicted molar refractivity (Wildman–Crippen MR) is 94.2 cm³/mol. The van der Waals surface area contributed by atoms with Crippen LogP contribution in [0, 0.1) is 5.92 Å². The van der Waals surface area contributed by atoms with Gasteiger partial charge in [0.2, 0.25) is 0 Å². The molecule has 3 unspecified atom stereocenters. The molecule has 0 aromatic heterocycles. The van der Waals surface area contributed by atoms with Gasteiger partial charge in [-0.05, 0) is 30.0 Å². The molecule has 1 aromatic carbocycles. The van der Waals surface area contributed by atoms with E-state index in [9.17, 15) is 4.21 Å². The van der Waals surface area contributed by atoms with Crippen molar-refractivity contribution in [2.45, 2.75) is 58.8 Å². The largest absolute Gasteiger partial charge is 0.309 e. The zero-order chi connectivity index (χ0) is 15.8. The van der Waals surface area contributed by atoms with Crippen LogP contribution in [0.3, 0.4) is 0 Å². The normalized spacial score (nSPS) is 15.9. The number of benzene rings is 1. The first-order valence-corrected chi connectivity index (χ1v) is 9.57. The third kappa shape index (κ3) is 5.91. The molecule has 21 heavy (non-hydrogen) atoms. The zero-order valence-electron chi connectivity index (χ0n) is 14.2. The lowest BCUT2D eigenvalue weighted by Gasteiger charge is -2.22. The molecule has 0 aliphatic rings. The Bertz CT molecular complexity index is 427. The van der Waals surface area contributed by atoms with Crippen molar-refractivity contribution in [3.05, 3.63) is 35.4 Å². The van der Waals surface area contributed by atoms with Crippen molar-refractivity contribution in [1.29, 1.82) is 0 Å². The Hall–Kier alpha value is -0.670. The first-order valence-electron chi connectivity index (χ1n) is 8.18. The minimum absolute atomic E-state index is 0.188. The van der Waals surface area contributed by atoms with Crippen molar-refractivity contribution in [3.8, 4) is 0 Å². The number of rotatable bonds is 9. The summed E-state index contributed by atoms with van der Waals surface area (Å²) in [5.41, 5.74) is 2.63. The number of aryl methyl sites for hydroxylation is 1. The lowest BCUT2D eigenvalue weighted by atomic mass is 10.0. The molecule has 0 spiro atoms. The van der Waals surface area contributed by atoms with E-state index in [1.165, 1.54) is 17.5 Å². The summed E-state index contributed by atoms with van der Waals surface area (Å²) in [6.45, 7) is 11.6. The number of hydrogen-bond donors (Lipinski definition) is 1. The molecular formula is C18H31NOS. The fraction of sp³-hybridized carbons (Fsp3) is 0.667. The van der Waals surface area contributed by atoms with Gasteiger partial charge in [0.15, 0.2) is 0 Å². The Morgan fingerprint density at radius 3 is 2.19 bits per heavy atom. The minimum Gasteiger partial charge on any atom is -0.309 e. The summed E-state index contributed by atoms with van der Waals surface area (Å²) in [4.78, 5) is 0. The molecule has 0 aliphatic carbocycles. The first kappa shape index (κ1) is 18.4. The van der Waals surface area contributed by atoms with Crippen molar-refractivity contribution < 1.29 is 4.21 Å². The maximum absolute atomic E-state index is 12.5. The Balaban J connectivity index is 2.78.